The number of phosphoric ester groups is 1. The Morgan fingerprint density at radius 3 is 0.736 bits per heavy atom. The van der Waals surface area contributed by atoms with E-state index in [9.17, 15) is 19.0 Å². The molecule has 0 N–H and O–H groups in total. The van der Waals surface area contributed by atoms with Gasteiger partial charge in [-0.25, -0.2) is 0 Å². The first-order valence-electron chi connectivity index (χ1n) is 39.2. The molecule has 0 aliphatic rings. The molecule has 10 heteroatoms. The van der Waals surface area contributed by atoms with Crippen molar-refractivity contribution >= 4 is 19.8 Å². The number of phosphoric acid groups is 1. The molecule has 0 bridgehead atoms. The summed E-state index contributed by atoms with van der Waals surface area (Å²) in [5.74, 6) is -0.801. The highest BCUT2D eigenvalue weighted by molar-refractivity contribution is 7.45. The number of unbranched alkanes of at least 4 members (excludes halogenated alkanes) is 61. The number of quaternary nitrogens is 1. The molecule has 0 heterocycles. The predicted molar refractivity (Wildman–Crippen MR) is 375 cm³/mol. The van der Waals surface area contributed by atoms with Crippen LogP contribution in [0.5, 0.6) is 0 Å². The lowest BCUT2D eigenvalue weighted by Crippen LogP contribution is -2.37. The van der Waals surface area contributed by atoms with Gasteiger partial charge in [0.15, 0.2) is 6.10 Å². The summed E-state index contributed by atoms with van der Waals surface area (Å²) in [6.45, 7) is 4.35. The van der Waals surface area contributed by atoms with Crippen LogP contribution in [0.1, 0.15) is 431 Å². The SMILES string of the molecule is CCCCCCCCCCCCCCCCCCCCCCCCCCCCCCCCCCCCC(=O)OC(COC(=O)CCCCCCCCCCCCCCCCCCCCCCCCCCCCCCC)COP(=O)([O-])OCC[N+](C)(C)C. The van der Waals surface area contributed by atoms with Gasteiger partial charge in [0.05, 0.1) is 27.7 Å². The van der Waals surface area contributed by atoms with E-state index in [1.807, 2.05) is 21.1 Å². The van der Waals surface area contributed by atoms with Gasteiger partial charge in [0.1, 0.15) is 19.8 Å². The van der Waals surface area contributed by atoms with Gasteiger partial charge in [0.2, 0.25) is 0 Å². The van der Waals surface area contributed by atoms with Crippen LogP contribution in [0.25, 0.3) is 0 Å². The van der Waals surface area contributed by atoms with Crippen molar-refractivity contribution in [2.45, 2.75) is 437 Å². The lowest BCUT2D eigenvalue weighted by atomic mass is 10.0. The van der Waals surface area contributed by atoms with E-state index in [1.54, 1.807) is 0 Å². The third kappa shape index (κ3) is 73.9. The van der Waals surface area contributed by atoms with E-state index >= 15 is 0 Å². The van der Waals surface area contributed by atoms with E-state index in [0.29, 0.717) is 17.4 Å². The van der Waals surface area contributed by atoms with Crippen LogP contribution >= 0.6 is 7.82 Å². The van der Waals surface area contributed by atoms with Crippen molar-refractivity contribution in [3.8, 4) is 0 Å². The number of esters is 2. The summed E-state index contributed by atoms with van der Waals surface area (Å²) in [4.78, 5) is 38.1. The van der Waals surface area contributed by atoms with Crippen LogP contribution in [0, 0.1) is 0 Å². The number of carbonyl (C=O) groups is 2. The first kappa shape index (κ1) is 86.0. The van der Waals surface area contributed by atoms with Crippen LogP contribution in [0.15, 0.2) is 0 Å². The molecule has 520 valence electrons. The summed E-state index contributed by atoms with van der Waals surface area (Å²) in [6, 6.07) is 0. The molecule has 2 atom stereocenters. The molecule has 0 fully saturated rings. The molecule has 0 aromatic heterocycles. The van der Waals surface area contributed by atoms with Gasteiger partial charge < -0.3 is 27.9 Å². The van der Waals surface area contributed by atoms with Gasteiger partial charge in [-0.2, -0.15) is 0 Å². The smallest absolute Gasteiger partial charge is 0.306 e. The minimum Gasteiger partial charge on any atom is -0.756 e. The largest absolute Gasteiger partial charge is 0.756 e. The van der Waals surface area contributed by atoms with Crippen molar-refractivity contribution in [2.24, 2.45) is 0 Å². The minimum absolute atomic E-state index is 0.0247. The number of ether oxygens (including phenoxy) is 2. The molecule has 0 spiro atoms. The zero-order valence-electron chi connectivity index (χ0n) is 59.5. The Morgan fingerprint density at radius 1 is 0.310 bits per heavy atom. The van der Waals surface area contributed by atoms with Gasteiger partial charge >= 0.3 is 11.9 Å². The van der Waals surface area contributed by atoms with Crippen molar-refractivity contribution in [3.05, 3.63) is 0 Å². The first-order chi connectivity index (χ1) is 42.5. The molecule has 0 saturated heterocycles. The standard InChI is InChI=1S/C77H154NO8P/c1-6-8-10-12-14-16-18-20-22-24-26-28-30-32-34-36-37-38-39-40-42-44-46-48-50-52-54-56-58-60-62-64-66-68-70-77(80)86-75(74-85-87(81,82)84-72-71-78(3,4)5)73-83-76(79)69-67-65-63-61-59-57-55-53-51-49-47-45-43-41-35-33-31-29-27-25-23-21-19-17-15-13-11-9-7-2/h75H,6-74H2,1-5H3. The molecule has 0 aliphatic carbocycles. The molecule has 0 amide bonds. The third-order valence-corrected chi connectivity index (χ3v) is 19.3. The van der Waals surface area contributed by atoms with E-state index in [2.05, 4.69) is 13.8 Å². The average molecular weight is 1250 g/mol. The fourth-order valence-corrected chi connectivity index (χ4v) is 13.1. The Morgan fingerprint density at radius 2 is 0.517 bits per heavy atom. The average Bonchev–Trinajstić information content (AvgIpc) is 3.65. The van der Waals surface area contributed by atoms with Gasteiger partial charge in [-0.3, -0.25) is 14.2 Å². The molecule has 87 heavy (non-hydrogen) atoms. The highest BCUT2D eigenvalue weighted by Gasteiger charge is 2.22. The van der Waals surface area contributed by atoms with Gasteiger partial charge in [-0.05, 0) is 12.8 Å². The third-order valence-electron chi connectivity index (χ3n) is 18.4. The minimum atomic E-state index is -4.64. The second-order valence-electron chi connectivity index (χ2n) is 28.5. The van der Waals surface area contributed by atoms with Crippen LogP contribution in [0.4, 0.5) is 0 Å². The summed E-state index contributed by atoms with van der Waals surface area (Å²) in [5.41, 5.74) is 0. The van der Waals surface area contributed by atoms with Gasteiger partial charge in [0, 0.05) is 12.8 Å². The molecule has 0 radical (unpaired) electrons. The molecule has 0 aliphatic heterocycles. The van der Waals surface area contributed by atoms with Crippen molar-refractivity contribution in [1.82, 2.24) is 0 Å². The number of hydrogen-bond donors (Lipinski definition) is 0. The fourth-order valence-electron chi connectivity index (χ4n) is 12.4. The summed E-state index contributed by atoms with van der Waals surface area (Å²) < 4.78 is 34.4. The number of hydrogen-bond acceptors (Lipinski definition) is 8. The van der Waals surface area contributed by atoms with E-state index in [0.717, 1.165) is 32.1 Å². The zero-order chi connectivity index (χ0) is 63.4. The molecular weight excluding hydrogens is 1100 g/mol. The maximum atomic E-state index is 12.9. The van der Waals surface area contributed by atoms with Crippen LogP contribution < -0.4 is 4.89 Å². The topological polar surface area (TPSA) is 111 Å². The first-order valence-corrected chi connectivity index (χ1v) is 40.7. The molecule has 9 nitrogen and oxygen atoms in total. The number of carbonyl (C=O) groups excluding carboxylic acids is 2. The van der Waals surface area contributed by atoms with E-state index in [-0.39, 0.29) is 32.0 Å². The summed E-state index contributed by atoms with van der Waals surface area (Å²) in [7, 11) is 1.20. The highest BCUT2D eigenvalue weighted by atomic mass is 31.2. The molecule has 0 aromatic rings. The quantitative estimate of drug-likeness (QED) is 0.0256. The summed E-state index contributed by atoms with van der Waals surface area (Å²) >= 11 is 0. The van der Waals surface area contributed by atoms with Crippen LogP contribution in [0.2, 0.25) is 0 Å². The van der Waals surface area contributed by atoms with Crippen molar-refractivity contribution in [2.75, 3.05) is 47.5 Å². The predicted octanol–water partition coefficient (Wildman–Crippen LogP) is 25.0. The Hall–Kier alpha value is -0.990. The second-order valence-corrected chi connectivity index (χ2v) is 29.9. The molecule has 0 rings (SSSR count). The molecule has 0 aromatic carbocycles. The van der Waals surface area contributed by atoms with Crippen molar-refractivity contribution < 1.29 is 42.1 Å². The lowest BCUT2D eigenvalue weighted by Gasteiger charge is -2.28. The van der Waals surface area contributed by atoms with E-state index in [4.69, 9.17) is 18.5 Å². The van der Waals surface area contributed by atoms with Gasteiger partial charge in [0.25, 0.3) is 7.82 Å². The number of rotatable bonds is 75. The monoisotopic (exact) mass is 1250 g/mol. The van der Waals surface area contributed by atoms with Crippen molar-refractivity contribution in [3.63, 3.8) is 0 Å². The Labute approximate surface area is 544 Å². The highest BCUT2D eigenvalue weighted by Crippen LogP contribution is 2.38. The van der Waals surface area contributed by atoms with Gasteiger partial charge in [-0.1, -0.05) is 406 Å². The maximum Gasteiger partial charge on any atom is 0.306 e. The van der Waals surface area contributed by atoms with Crippen molar-refractivity contribution in [1.29, 1.82) is 0 Å². The summed E-state index contributed by atoms with van der Waals surface area (Å²) in [6.07, 6.45) is 85.2. The maximum absolute atomic E-state index is 12.9. The number of likely N-dealkylation sites (N-methyl/N-ethyl adjacent to an activating group) is 1. The Bertz CT molecular complexity index is 1420. The molecule has 2 unspecified atom stereocenters. The fraction of sp³-hybridized carbons (Fsp3) is 0.974. The molecular formula is C77H154NO8P. The van der Waals surface area contributed by atoms with Crippen LogP contribution in [-0.2, 0) is 32.7 Å². The molecule has 0 saturated carbocycles. The van der Waals surface area contributed by atoms with Gasteiger partial charge in [-0.15, -0.1) is 0 Å². The Balaban J connectivity index is 3.90. The van der Waals surface area contributed by atoms with Crippen LogP contribution in [-0.4, -0.2) is 70.0 Å². The van der Waals surface area contributed by atoms with Crippen LogP contribution in [0.3, 0.4) is 0 Å². The van der Waals surface area contributed by atoms with E-state index in [1.165, 1.54) is 366 Å². The Kier molecular flexibility index (Phi) is 68.6. The summed E-state index contributed by atoms with van der Waals surface area (Å²) in [5, 5.41) is 0. The van der Waals surface area contributed by atoms with E-state index < -0.39 is 26.5 Å². The normalized spacial score (nSPS) is 12.9. The number of nitrogens with zero attached hydrogens (tertiary/aromatic N) is 1. The zero-order valence-corrected chi connectivity index (χ0v) is 60.4. The second kappa shape index (κ2) is 69.4. The lowest BCUT2D eigenvalue weighted by molar-refractivity contribution is -0.870.